The van der Waals surface area contributed by atoms with Crippen molar-refractivity contribution in [1.29, 1.82) is 5.26 Å². The largest absolute Gasteiger partial charge is 0.503 e. The standard InChI is InChI=1S/C11H5BrClN3O2/c12-7-3-1-2-6(5-14)10(7)18-11-8(17)4-9(13)15-16-11/h1-4H,(H,15,17). The van der Waals surface area contributed by atoms with Crippen LogP contribution >= 0.6 is 27.5 Å². The van der Waals surface area contributed by atoms with Crippen LogP contribution in [0.25, 0.3) is 0 Å². The highest BCUT2D eigenvalue weighted by atomic mass is 79.9. The summed E-state index contributed by atoms with van der Waals surface area (Å²) in [6.45, 7) is 0. The van der Waals surface area contributed by atoms with Crippen molar-refractivity contribution in [1.82, 2.24) is 10.2 Å². The molecule has 2 aromatic rings. The fourth-order valence-electron chi connectivity index (χ4n) is 1.22. The van der Waals surface area contributed by atoms with Crippen LogP contribution in [0.2, 0.25) is 5.15 Å². The predicted octanol–water partition coefficient (Wildman–Crippen LogP) is 3.26. The molecule has 0 saturated heterocycles. The van der Waals surface area contributed by atoms with E-state index in [2.05, 4.69) is 26.1 Å². The Morgan fingerprint density at radius 3 is 2.83 bits per heavy atom. The third kappa shape index (κ3) is 2.53. The normalized spacial score (nSPS) is 9.83. The van der Waals surface area contributed by atoms with Gasteiger partial charge in [-0.15, -0.1) is 10.2 Å². The molecule has 0 amide bonds. The summed E-state index contributed by atoms with van der Waals surface area (Å²) in [5.41, 5.74) is 0.306. The predicted molar refractivity (Wildman–Crippen MR) is 67.6 cm³/mol. The van der Waals surface area contributed by atoms with Crippen LogP contribution in [-0.2, 0) is 0 Å². The number of hydrogen-bond donors (Lipinski definition) is 1. The number of aromatic nitrogens is 2. The van der Waals surface area contributed by atoms with Gasteiger partial charge in [0.2, 0.25) is 0 Å². The number of halogens is 2. The second-order valence-electron chi connectivity index (χ2n) is 3.19. The van der Waals surface area contributed by atoms with Gasteiger partial charge in [-0.2, -0.15) is 5.26 Å². The maximum Gasteiger partial charge on any atom is 0.281 e. The number of nitriles is 1. The SMILES string of the molecule is N#Cc1cccc(Br)c1Oc1nnc(Cl)cc1O. The second kappa shape index (κ2) is 5.21. The van der Waals surface area contributed by atoms with Gasteiger partial charge in [0.1, 0.15) is 6.07 Å². The molecule has 1 N–H and O–H groups in total. The molecule has 0 aliphatic heterocycles. The summed E-state index contributed by atoms with van der Waals surface area (Å²) in [6.07, 6.45) is 0. The summed E-state index contributed by atoms with van der Waals surface area (Å²) < 4.78 is 5.93. The van der Waals surface area contributed by atoms with Crippen molar-refractivity contribution in [2.75, 3.05) is 0 Å². The van der Waals surface area contributed by atoms with Gasteiger partial charge in [-0.05, 0) is 28.1 Å². The zero-order valence-electron chi connectivity index (χ0n) is 8.76. The number of hydrogen-bond acceptors (Lipinski definition) is 5. The number of para-hydroxylation sites is 1. The lowest BCUT2D eigenvalue weighted by molar-refractivity contribution is 0.390. The summed E-state index contributed by atoms with van der Waals surface area (Å²) in [4.78, 5) is 0. The Bertz CT molecular complexity index is 643. The summed E-state index contributed by atoms with van der Waals surface area (Å²) in [7, 11) is 0. The molecule has 0 fully saturated rings. The Kier molecular flexibility index (Phi) is 3.65. The number of rotatable bonds is 2. The summed E-state index contributed by atoms with van der Waals surface area (Å²) in [5, 5.41) is 25.8. The lowest BCUT2D eigenvalue weighted by atomic mass is 10.2. The molecule has 0 unspecified atom stereocenters. The Morgan fingerprint density at radius 2 is 2.17 bits per heavy atom. The van der Waals surface area contributed by atoms with E-state index in [9.17, 15) is 5.11 Å². The lowest BCUT2D eigenvalue weighted by Crippen LogP contribution is -1.94. The molecule has 1 heterocycles. The molecular formula is C11H5BrClN3O2. The van der Waals surface area contributed by atoms with E-state index in [4.69, 9.17) is 21.6 Å². The van der Waals surface area contributed by atoms with Gasteiger partial charge in [0, 0.05) is 6.07 Å². The first-order valence-corrected chi connectivity index (χ1v) is 5.87. The van der Waals surface area contributed by atoms with Crippen LogP contribution in [0, 0.1) is 11.3 Å². The summed E-state index contributed by atoms with van der Waals surface area (Å²) in [5.74, 6) is -0.121. The minimum atomic E-state index is -0.255. The molecule has 1 aromatic heterocycles. The minimum Gasteiger partial charge on any atom is -0.503 e. The molecule has 7 heteroatoms. The molecule has 2 rings (SSSR count). The van der Waals surface area contributed by atoms with Crippen molar-refractivity contribution in [3.05, 3.63) is 39.5 Å². The van der Waals surface area contributed by atoms with Gasteiger partial charge in [0.05, 0.1) is 10.0 Å². The van der Waals surface area contributed by atoms with Gasteiger partial charge in [-0.1, -0.05) is 17.7 Å². The van der Waals surface area contributed by atoms with E-state index < -0.39 is 0 Å². The average molecular weight is 327 g/mol. The van der Waals surface area contributed by atoms with Crippen molar-refractivity contribution in [2.45, 2.75) is 0 Å². The van der Waals surface area contributed by atoms with E-state index in [0.717, 1.165) is 0 Å². The van der Waals surface area contributed by atoms with Gasteiger partial charge in [-0.25, -0.2) is 0 Å². The Hall–Kier alpha value is -1.84. The van der Waals surface area contributed by atoms with Gasteiger partial charge in [-0.3, -0.25) is 0 Å². The van der Waals surface area contributed by atoms with Gasteiger partial charge < -0.3 is 9.84 Å². The van der Waals surface area contributed by atoms with Crippen LogP contribution in [-0.4, -0.2) is 15.3 Å². The molecule has 0 saturated carbocycles. The molecule has 90 valence electrons. The Labute approximate surface area is 116 Å². The monoisotopic (exact) mass is 325 g/mol. The van der Waals surface area contributed by atoms with Crippen LogP contribution < -0.4 is 4.74 Å². The second-order valence-corrected chi connectivity index (χ2v) is 4.43. The first kappa shape index (κ1) is 12.6. The van der Waals surface area contributed by atoms with Crippen LogP contribution in [0.5, 0.6) is 17.4 Å². The van der Waals surface area contributed by atoms with E-state index in [1.54, 1.807) is 18.2 Å². The molecule has 0 spiro atoms. The maximum atomic E-state index is 9.60. The van der Waals surface area contributed by atoms with Gasteiger partial charge in [0.15, 0.2) is 16.7 Å². The van der Waals surface area contributed by atoms with Crippen molar-refractivity contribution in [2.24, 2.45) is 0 Å². The Balaban J connectivity index is 2.43. The zero-order chi connectivity index (χ0) is 13.1. The van der Waals surface area contributed by atoms with Crippen LogP contribution in [0.1, 0.15) is 5.56 Å². The highest BCUT2D eigenvalue weighted by Gasteiger charge is 2.13. The lowest BCUT2D eigenvalue weighted by Gasteiger charge is -2.08. The molecule has 18 heavy (non-hydrogen) atoms. The van der Waals surface area contributed by atoms with E-state index in [1.165, 1.54) is 6.07 Å². The molecule has 5 nitrogen and oxygen atoms in total. The quantitative estimate of drug-likeness (QED) is 0.916. The fourth-order valence-corrected chi connectivity index (χ4v) is 1.81. The smallest absolute Gasteiger partial charge is 0.281 e. The summed E-state index contributed by atoms with van der Waals surface area (Å²) >= 11 is 8.81. The van der Waals surface area contributed by atoms with E-state index in [0.29, 0.717) is 10.0 Å². The topological polar surface area (TPSA) is 79.0 Å². The third-order valence-electron chi connectivity index (χ3n) is 2.00. The zero-order valence-corrected chi connectivity index (χ0v) is 11.1. The number of aromatic hydroxyl groups is 1. The molecule has 0 aliphatic carbocycles. The molecule has 0 radical (unpaired) electrons. The molecule has 0 aliphatic rings. The van der Waals surface area contributed by atoms with Crippen LogP contribution in [0.4, 0.5) is 0 Å². The molecule has 0 atom stereocenters. The molecular weight excluding hydrogens is 321 g/mol. The van der Waals surface area contributed by atoms with Gasteiger partial charge >= 0.3 is 0 Å². The van der Waals surface area contributed by atoms with E-state index >= 15 is 0 Å². The van der Waals surface area contributed by atoms with Gasteiger partial charge in [0.25, 0.3) is 5.88 Å². The fraction of sp³-hybridized carbons (Fsp3) is 0. The number of nitrogens with zero attached hydrogens (tertiary/aromatic N) is 3. The van der Waals surface area contributed by atoms with Crippen molar-refractivity contribution < 1.29 is 9.84 Å². The number of ether oxygens (including phenoxy) is 1. The van der Waals surface area contributed by atoms with E-state index in [1.807, 2.05) is 6.07 Å². The van der Waals surface area contributed by atoms with Crippen molar-refractivity contribution >= 4 is 27.5 Å². The highest BCUT2D eigenvalue weighted by Crippen LogP contribution is 2.35. The Morgan fingerprint density at radius 1 is 1.39 bits per heavy atom. The van der Waals surface area contributed by atoms with E-state index in [-0.39, 0.29) is 22.5 Å². The van der Waals surface area contributed by atoms with Crippen LogP contribution in [0.3, 0.4) is 0 Å². The van der Waals surface area contributed by atoms with Crippen molar-refractivity contribution in [3.8, 4) is 23.4 Å². The third-order valence-corrected chi connectivity index (χ3v) is 2.81. The summed E-state index contributed by atoms with van der Waals surface area (Å²) in [6, 6.07) is 8.16. The number of benzene rings is 1. The minimum absolute atomic E-state index is 0.0486. The van der Waals surface area contributed by atoms with Crippen molar-refractivity contribution in [3.63, 3.8) is 0 Å². The molecule has 1 aromatic carbocycles. The maximum absolute atomic E-state index is 9.60. The first-order valence-electron chi connectivity index (χ1n) is 4.70. The molecule has 0 bridgehead atoms. The highest BCUT2D eigenvalue weighted by molar-refractivity contribution is 9.10. The average Bonchev–Trinajstić information content (AvgIpc) is 2.34. The van der Waals surface area contributed by atoms with Crippen LogP contribution in [0.15, 0.2) is 28.7 Å². The first-order chi connectivity index (χ1) is 8.61.